The molecule has 0 atom stereocenters. The third-order valence-electron chi connectivity index (χ3n) is 4.11. The van der Waals surface area contributed by atoms with Gasteiger partial charge in [0.25, 0.3) is 11.8 Å². The van der Waals surface area contributed by atoms with Crippen molar-refractivity contribution >= 4 is 27.7 Å². The summed E-state index contributed by atoms with van der Waals surface area (Å²) < 4.78 is 12.1. The Bertz CT molecular complexity index is 1000. The summed E-state index contributed by atoms with van der Waals surface area (Å²) >= 11 is 3.36. The zero-order valence-corrected chi connectivity index (χ0v) is 17.6. The van der Waals surface area contributed by atoms with Gasteiger partial charge in [-0.3, -0.25) is 9.59 Å². The lowest BCUT2D eigenvalue weighted by Gasteiger charge is -2.06. The summed E-state index contributed by atoms with van der Waals surface area (Å²) in [4.78, 5) is 24.1. The maximum Gasteiger partial charge on any atom is 0.286 e. The number of ether oxygens (including phenoxy) is 1. The van der Waals surface area contributed by atoms with Gasteiger partial charge in [0.2, 0.25) is 0 Å². The van der Waals surface area contributed by atoms with Gasteiger partial charge in [-0.25, -0.2) is 0 Å². The highest BCUT2D eigenvalue weighted by Crippen LogP contribution is 2.18. The lowest BCUT2D eigenvalue weighted by atomic mass is 10.2. The van der Waals surface area contributed by atoms with Gasteiger partial charge < -0.3 is 24.9 Å². The Balaban J connectivity index is 1.36. The van der Waals surface area contributed by atoms with Crippen molar-refractivity contribution in [3.8, 4) is 11.5 Å². The number of aromatic hydroxyl groups is 1. The highest BCUT2D eigenvalue weighted by atomic mass is 79.9. The molecule has 0 saturated heterocycles. The standard InChI is InChI=1S/C22H21BrN2O5/c23-16-5-7-18(8-6-16)29-14-19-9-10-20(30-19)22(28)25-12-2-11-24-21(27)15-3-1-4-17(26)13-15/h1,3-10,13,26H,2,11-12,14H2,(H,24,27)(H,25,28). The molecule has 1 heterocycles. The minimum Gasteiger partial charge on any atom is -0.508 e. The first kappa shape index (κ1) is 21.4. The monoisotopic (exact) mass is 472 g/mol. The molecule has 0 aliphatic rings. The molecule has 0 unspecified atom stereocenters. The number of amides is 2. The van der Waals surface area contributed by atoms with Crippen LogP contribution in [0.25, 0.3) is 0 Å². The van der Waals surface area contributed by atoms with Crippen LogP contribution in [-0.2, 0) is 6.61 Å². The first-order chi connectivity index (χ1) is 14.5. The third kappa shape index (κ3) is 6.38. The Labute approximate surface area is 182 Å². The predicted molar refractivity (Wildman–Crippen MR) is 115 cm³/mol. The summed E-state index contributed by atoms with van der Waals surface area (Å²) in [6.45, 7) is 0.986. The first-order valence-electron chi connectivity index (χ1n) is 9.34. The van der Waals surface area contributed by atoms with Crippen molar-refractivity contribution in [1.29, 1.82) is 0 Å². The molecule has 2 aromatic carbocycles. The molecule has 0 aliphatic heterocycles. The van der Waals surface area contributed by atoms with Crippen molar-refractivity contribution in [3.05, 3.63) is 82.2 Å². The lowest BCUT2D eigenvalue weighted by Crippen LogP contribution is -2.29. The number of benzene rings is 2. The van der Waals surface area contributed by atoms with Crippen LogP contribution in [0.4, 0.5) is 0 Å². The van der Waals surface area contributed by atoms with E-state index in [0.29, 0.717) is 36.6 Å². The molecule has 1 aromatic heterocycles. The summed E-state index contributed by atoms with van der Waals surface area (Å²) in [7, 11) is 0. The molecule has 0 bridgehead atoms. The largest absolute Gasteiger partial charge is 0.508 e. The van der Waals surface area contributed by atoms with Gasteiger partial charge in [0.15, 0.2) is 5.76 Å². The van der Waals surface area contributed by atoms with Crippen LogP contribution in [-0.4, -0.2) is 30.0 Å². The fourth-order valence-electron chi connectivity index (χ4n) is 2.59. The van der Waals surface area contributed by atoms with Crippen molar-refractivity contribution in [2.45, 2.75) is 13.0 Å². The van der Waals surface area contributed by atoms with Gasteiger partial charge in [-0.15, -0.1) is 0 Å². The third-order valence-corrected chi connectivity index (χ3v) is 4.64. The number of halogens is 1. The summed E-state index contributed by atoms with van der Waals surface area (Å²) in [6, 6.07) is 16.8. The number of nitrogens with one attached hydrogen (secondary N) is 2. The van der Waals surface area contributed by atoms with E-state index in [1.54, 1.807) is 24.3 Å². The Kier molecular flexibility index (Phi) is 7.51. The predicted octanol–water partition coefficient (Wildman–Crippen LogP) is 3.88. The van der Waals surface area contributed by atoms with Gasteiger partial charge in [0.05, 0.1) is 0 Å². The van der Waals surface area contributed by atoms with E-state index in [1.165, 1.54) is 12.1 Å². The van der Waals surface area contributed by atoms with Crippen LogP contribution in [0.3, 0.4) is 0 Å². The van der Waals surface area contributed by atoms with Crippen molar-refractivity contribution < 1.29 is 23.8 Å². The highest BCUT2D eigenvalue weighted by molar-refractivity contribution is 9.10. The summed E-state index contributed by atoms with van der Waals surface area (Å²) in [5, 5.41) is 14.9. The zero-order valence-electron chi connectivity index (χ0n) is 16.1. The minimum absolute atomic E-state index is 0.0370. The first-order valence-corrected chi connectivity index (χ1v) is 10.1. The topological polar surface area (TPSA) is 101 Å². The van der Waals surface area contributed by atoms with Gasteiger partial charge in [0.1, 0.15) is 23.9 Å². The molecule has 3 aromatic rings. The molecular weight excluding hydrogens is 452 g/mol. The van der Waals surface area contributed by atoms with Crippen LogP contribution in [0, 0.1) is 0 Å². The van der Waals surface area contributed by atoms with Gasteiger partial charge in [-0.2, -0.15) is 0 Å². The van der Waals surface area contributed by atoms with Crippen molar-refractivity contribution in [1.82, 2.24) is 10.6 Å². The Morgan fingerprint density at radius 1 is 0.967 bits per heavy atom. The quantitative estimate of drug-likeness (QED) is 0.410. The minimum atomic E-state index is -0.329. The number of hydrogen-bond donors (Lipinski definition) is 3. The lowest BCUT2D eigenvalue weighted by molar-refractivity contribution is 0.0921. The number of hydrogen-bond acceptors (Lipinski definition) is 5. The van der Waals surface area contributed by atoms with E-state index in [-0.39, 0.29) is 29.9 Å². The van der Waals surface area contributed by atoms with E-state index in [2.05, 4.69) is 26.6 Å². The van der Waals surface area contributed by atoms with Crippen LogP contribution < -0.4 is 15.4 Å². The van der Waals surface area contributed by atoms with Gasteiger partial charge >= 0.3 is 0 Å². The van der Waals surface area contributed by atoms with Gasteiger partial charge in [-0.1, -0.05) is 22.0 Å². The van der Waals surface area contributed by atoms with E-state index in [1.807, 2.05) is 24.3 Å². The van der Waals surface area contributed by atoms with Crippen LogP contribution in [0.5, 0.6) is 11.5 Å². The van der Waals surface area contributed by atoms with Crippen molar-refractivity contribution in [3.63, 3.8) is 0 Å². The molecule has 0 radical (unpaired) electrons. The molecule has 0 spiro atoms. The number of carbonyl (C=O) groups excluding carboxylic acids is 2. The van der Waals surface area contributed by atoms with E-state index in [4.69, 9.17) is 9.15 Å². The molecule has 30 heavy (non-hydrogen) atoms. The average Bonchev–Trinajstić information content (AvgIpc) is 3.22. The van der Waals surface area contributed by atoms with E-state index >= 15 is 0 Å². The molecule has 3 rings (SSSR count). The van der Waals surface area contributed by atoms with Crippen LogP contribution in [0.1, 0.15) is 33.1 Å². The van der Waals surface area contributed by atoms with E-state index < -0.39 is 0 Å². The van der Waals surface area contributed by atoms with E-state index in [9.17, 15) is 14.7 Å². The zero-order chi connectivity index (χ0) is 21.3. The molecular formula is C22H21BrN2O5. The molecule has 3 N–H and O–H groups in total. The maximum atomic E-state index is 12.2. The SMILES string of the molecule is O=C(NCCCNC(=O)c1ccc(COc2ccc(Br)cc2)o1)c1cccc(O)c1. The van der Waals surface area contributed by atoms with Crippen LogP contribution in [0.2, 0.25) is 0 Å². The molecule has 0 saturated carbocycles. The Hall–Kier alpha value is -3.26. The summed E-state index contributed by atoms with van der Waals surface area (Å²) in [5.74, 6) is 0.876. The molecule has 7 nitrogen and oxygen atoms in total. The number of phenols is 1. The number of furan rings is 1. The second-order valence-corrected chi connectivity index (χ2v) is 7.34. The second-order valence-electron chi connectivity index (χ2n) is 6.42. The molecule has 156 valence electrons. The molecule has 0 fully saturated rings. The van der Waals surface area contributed by atoms with E-state index in [0.717, 1.165) is 4.47 Å². The van der Waals surface area contributed by atoms with Crippen molar-refractivity contribution in [2.24, 2.45) is 0 Å². The fourth-order valence-corrected chi connectivity index (χ4v) is 2.86. The summed E-state index contributed by atoms with van der Waals surface area (Å²) in [6.07, 6.45) is 0.552. The highest BCUT2D eigenvalue weighted by Gasteiger charge is 2.11. The number of carbonyl (C=O) groups is 2. The normalized spacial score (nSPS) is 10.4. The smallest absolute Gasteiger partial charge is 0.286 e. The maximum absolute atomic E-state index is 12.2. The van der Waals surface area contributed by atoms with Crippen molar-refractivity contribution in [2.75, 3.05) is 13.1 Å². The molecule has 2 amide bonds. The number of rotatable bonds is 9. The Morgan fingerprint density at radius 3 is 2.43 bits per heavy atom. The second kappa shape index (κ2) is 10.5. The Morgan fingerprint density at radius 2 is 1.70 bits per heavy atom. The molecule has 8 heteroatoms. The average molecular weight is 473 g/mol. The van der Waals surface area contributed by atoms with Gasteiger partial charge in [0, 0.05) is 23.1 Å². The van der Waals surface area contributed by atoms with Crippen LogP contribution in [0.15, 0.2) is 69.6 Å². The number of phenolic OH excluding ortho intramolecular Hbond substituents is 1. The molecule has 0 aliphatic carbocycles. The summed E-state index contributed by atoms with van der Waals surface area (Å²) in [5.41, 5.74) is 0.382. The van der Waals surface area contributed by atoms with Gasteiger partial charge in [-0.05, 0) is 61.0 Å². The fraction of sp³-hybridized carbons (Fsp3) is 0.182. The van der Waals surface area contributed by atoms with Crippen LogP contribution >= 0.6 is 15.9 Å².